The van der Waals surface area contributed by atoms with E-state index >= 15 is 0 Å². The quantitative estimate of drug-likeness (QED) is 0.559. The van der Waals surface area contributed by atoms with Gasteiger partial charge in [-0.3, -0.25) is 0 Å². The first-order valence-corrected chi connectivity index (χ1v) is 4.48. The summed E-state index contributed by atoms with van der Waals surface area (Å²) in [6, 6.07) is 3.65. The number of isocyanates is 1. The van der Waals surface area contributed by atoms with Gasteiger partial charge in [-0.15, -0.1) is 0 Å². The molecule has 0 radical (unpaired) electrons. The normalized spacial score (nSPS) is 9.27. The summed E-state index contributed by atoms with van der Waals surface area (Å²) in [4.78, 5) is 13.6. The van der Waals surface area contributed by atoms with Gasteiger partial charge in [0.1, 0.15) is 0 Å². The Hall–Kier alpha value is -1.80. The summed E-state index contributed by atoms with van der Waals surface area (Å²) in [5.41, 5.74) is 1.85. The van der Waals surface area contributed by atoms with Gasteiger partial charge in [0.15, 0.2) is 11.5 Å². The molecule has 0 fully saturated rings. The summed E-state index contributed by atoms with van der Waals surface area (Å²) in [5, 5.41) is 0. The average Bonchev–Trinajstić information content (AvgIpc) is 2.27. The number of rotatable bonds is 4. The minimum absolute atomic E-state index is 0.315. The second kappa shape index (κ2) is 5.17. The molecule has 80 valence electrons. The first kappa shape index (κ1) is 11.3. The number of ether oxygens (including phenoxy) is 2. The van der Waals surface area contributed by atoms with Crippen LogP contribution in [0.5, 0.6) is 11.5 Å². The van der Waals surface area contributed by atoms with E-state index in [4.69, 9.17) is 9.47 Å². The van der Waals surface area contributed by atoms with Crippen molar-refractivity contribution in [2.45, 2.75) is 13.5 Å². The number of hydrogen-bond acceptors (Lipinski definition) is 4. The molecular formula is C11H13NO3. The van der Waals surface area contributed by atoms with Gasteiger partial charge in [0.25, 0.3) is 0 Å². The molecule has 0 atom stereocenters. The number of hydrogen-bond donors (Lipinski definition) is 0. The van der Waals surface area contributed by atoms with Crippen LogP contribution in [-0.2, 0) is 11.3 Å². The smallest absolute Gasteiger partial charge is 0.235 e. The van der Waals surface area contributed by atoms with Gasteiger partial charge in [-0.1, -0.05) is 6.07 Å². The highest BCUT2D eigenvalue weighted by molar-refractivity contribution is 5.50. The second-order valence-electron chi connectivity index (χ2n) is 2.99. The van der Waals surface area contributed by atoms with Crippen LogP contribution in [-0.4, -0.2) is 20.3 Å². The zero-order valence-electron chi connectivity index (χ0n) is 9.03. The lowest BCUT2D eigenvalue weighted by molar-refractivity contribution is 0.352. The highest BCUT2D eigenvalue weighted by Crippen LogP contribution is 2.32. The first-order valence-electron chi connectivity index (χ1n) is 4.48. The molecule has 0 aliphatic rings. The van der Waals surface area contributed by atoms with Gasteiger partial charge in [0, 0.05) is 0 Å². The number of carbonyl (C=O) groups excluding carboxylic acids is 1. The monoisotopic (exact) mass is 207 g/mol. The van der Waals surface area contributed by atoms with Crippen LogP contribution in [0.4, 0.5) is 0 Å². The van der Waals surface area contributed by atoms with Crippen molar-refractivity contribution in [3.63, 3.8) is 0 Å². The fraction of sp³-hybridized carbons (Fsp3) is 0.364. The molecule has 0 aromatic heterocycles. The minimum atomic E-state index is 0.315. The molecule has 0 heterocycles. The molecule has 0 aliphatic carbocycles. The van der Waals surface area contributed by atoms with Crippen LogP contribution in [0.3, 0.4) is 0 Å². The summed E-state index contributed by atoms with van der Waals surface area (Å²) in [7, 11) is 3.16. The third-order valence-corrected chi connectivity index (χ3v) is 2.22. The predicted molar refractivity (Wildman–Crippen MR) is 56.1 cm³/mol. The van der Waals surface area contributed by atoms with E-state index in [1.807, 2.05) is 13.0 Å². The van der Waals surface area contributed by atoms with Crippen molar-refractivity contribution in [1.29, 1.82) is 0 Å². The Kier molecular flexibility index (Phi) is 3.89. The molecule has 4 heteroatoms. The van der Waals surface area contributed by atoms with Crippen LogP contribution in [0.1, 0.15) is 11.1 Å². The SMILES string of the molecule is COc1ccc(CN=C=O)c(C)c1OC. The lowest BCUT2D eigenvalue weighted by Gasteiger charge is -2.12. The highest BCUT2D eigenvalue weighted by Gasteiger charge is 2.10. The Morgan fingerprint density at radius 2 is 2.07 bits per heavy atom. The van der Waals surface area contributed by atoms with Crippen LogP contribution in [0.15, 0.2) is 17.1 Å². The Balaban J connectivity index is 3.16. The van der Waals surface area contributed by atoms with E-state index in [0.717, 1.165) is 11.1 Å². The van der Waals surface area contributed by atoms with Crippen molar-refractivity contribution in [1.82, 2.24) is 0 Å². The number of methoxy groups -OCH3 is 2. The second-order valence-corrected chi connectivity index (χ2v) is 2.99. The molecule has 0 unspecified atom stereocenters. The van der Waals surface area contributed by atoms with E-state index in [1.54, 1.807) is 20.3 Å². The molecule has 4 nitrogen and oxygen atoms in total. The molecule has 0 bridgehead atoms. The Bertz CT molecular complexity index is 395. The van der Waals surface area contributed by atoms with Gasteiger partial charge < -0.3 is 9.47 Å². The van der Waals surface area contributed by atoms with Crippen LogP contribution in [0.25, 0.3) is 0 Å². The van der Waals surface area contributed by atoms with Gasteiger partial charge in [-0.2, -0.15) is 0 Å². The van der Waals surface area contributed by atoms with Crippen molar-refractivity contribution in [2.75, 3.05) is 14.2 Å². The summed E-state index contributed by atoms with van der Waals surface area (Å²) in [6.45, 7) is 2.21. The van der Waals surface area contributed by atoms with Crippen LogP contribution in [0, 0.1) is 6.92 Å². The van der Waals surface area contributed by atoms with Gasteiger partial charge in [-0.25, -0.2) is 9.79 Å². The largest absolute Gasteiger partial charge is 0.493 e. The van der Waals surface area contributed by atoms with Gasteiger partial charge in [0.2, 0.25) is 6.08 Å². The molecule has 0 saturated carbocycles. The lowest BCUT2D eigenvalue weighted by atomic mass is 10.1. The first-order chi connectivity index (χ1) is 7.24. The lowest BCUT2D eigenvalue weighted by Crippen LogP contribution is -1.96. The maximum atomic E-state index is 10.0. The molecule has 15 heavy (non-hydrogen) atoms. The van der Waals surface area contributed by atoms with Crippen molar-refractivity contribution in [3.05, 3.63) is 23.3 Å². The number of benzene rings is 1. The summed E-state index contributed by atoms with van der Waals surface area (Å²) in [6.07, 6.45) is 1.51. The van der Waals surface area contributed by atoms with Crippen molar-refractivity contribution in [2.24, 2.45) is 4.99 Å². The maximum absolute atomic E-state index is 10.0. The fourth-order valence-electron chi connectivity index (χ4n) is 1.41. The Morgan fingerprint density at radius 3 is 2.60 bits per heavy atom. The van der Waals surface area contributed by atoms with Gasteiger partial charge >= 0.3 is 0 Å². The predicted octanol–water partition coefficient (Wildman–Crippen LogP) is 1.85. The van der Waals surface area contributed by atoms with Gasteiger partial charge in [-0.05, 0) is 24.1 Å². The summed E-state index contributed by atoms with van der Waals surface area (Å²) >= 11 is 0. The molecule has 1 aromatic rings. The van der Waals surface area contributed by atoms with E-state index in [2.05, 4.69) is 4.99 Å². The molecule has 0 spiro atoms. The third kappa shape index (κ3) is 2.36. The van der Waals surface area contributed by atoms with E-state index in [-0.39, 0.29) is 0 Å². The van der Waals surface area contributed by atoms with E-state index in [9.17, 15) is 4.79 Å². The molecule has 0 amide bonds. The number of aliphatic imine (C=N–C) groups is 1. The summed E-state index contributed by atoms with van der Waals surface area (Å²) in [5.74, 6) is 1.35. The van der Waals surface area contributed by atoms with Crippen molar-refractivity contribution >= 4 is 6.08 Å². The molecule has 0 N–H and O–H groups in total. The topological polar surface area (TPSA) is 47.9 Å². The third-order valence-electron chi connectivity index (χ3n) is 2.22. The molecule has 0 saturated heterocycles. The van der Waals surface area contributed by atoms with Crippen LogP contribution in [0.2, 0.25) is 0 Å². The highest BCUT2D eigenvalue weighted by atomic mass is 16.5. The maximum Gasteiger partial charge on any atom is 0.235 e. The van der Waals surface area contributed by atoms with E-state index < -0.39 is 0 Å². The van der Waals surface area contributed by atoms with Crippen LogP contribution >= 0.6 is 0 Å². The Morgan fingerprint density at radius 1 is 1.33 bits per heavy atom. The average molecular weight is 207 g/mol. The molecule has 1 rings (SSSR count). The van der Waals surface area contributed by atoms with Crippen LogP contribution < -0.4 is 9.47 Å². The van der Waals surface area contributed by atoms with E-state index in [0.29, 0.717) is 18.0 Å². The Labute approximate surface area is 88.5 Å². The zero-order chi connectivity index (χ0) is 11.3. The molecule has 1 aromatic carbocycles. The standard InChI is InChI=1S/C11H13NO3/c1-8-9(6-12-7-13)4-5-10(14-2)11(8)15-3/h4-5H,6H2,1-3H3. The van der Waals surface area contributed by atoms with Crippen molar-refractivity contribution < 1.29 is 14.3 Å². The number of nitrogens with zero attached hydrogens (tertiary/aromatic N) is 1. The zero-order valence-corrected chi connectivity index (χ0v) is 9.03. The van der Waals surface area contributed by atoms with E-state index in [1.165, 1.54) is 6.08 Å². The molecular weight excluding hydrogens is 194 g/mol. The minimum Gasteiger partial charge on any atom is -0.493 e. The van der Waals surface area contributed by atoms with Crippen molar-refractivity contribution in [3.8, 4) is 11.5 Å². The fourth-order valence-corrected chi connectivity index (χ4v) is 1.41. The van der Waals surface area contributed by atoms with Gasteiger partial charge in [0.05, 0.1) is 20.8 Å². The molecule has 0 aliphatic heterocycles. The summed E-state index contributed by atoms with van der Waals surface area (Å²) < 4.78 is 10.4.